The van der Waals surface area contributed by atoms with Crippen molar-refractivity contribution in [3.8, 4) is 5.75 Å². The Morgan fingerprint density at radius 3 is 2.44 bits per heavy atom. The number of methoxy groups -OCH3 is 1. The molecule has 2 amide bonds. The molecule has 1 N–H and O–H groups in total. The molecular formula is C19H21FN2O3. The van der Waals surface area contributed by atoms with E-state index in [2.05, 4.69) is 5.32 Å². The Balaban J connectivity index is 1.97. The highest BCUT2D eigenvalue weighted by atomic mass is 19.1. The summed E-state index contributed by atoms with van der Waals surface area (Å²) in [4.78, 5) is 26.2. The largest absolute Gasteiger partial charge is 0.496 e. The minimum absolute atomic E-state index is 0.0609. The second kappa shape index (κ2) is 8.82. The highest BCUT2D eigenvalue weighted by Gasteiger charge is 2.20. The van der Waals surface area contributed by atoms with E-state index >= 15 is 0 Å². The number of ether oxygens (including phenoxy) is 1. The van der Waals surface area contributed by atoms with Crippen LogP contribution >= 0.6 is 0 Å². The van der Waals surface area contributed by atoms with Crippen molar-refractivity contribution in [1.82, 2.24) is 10.2 Å². The zero-order chi connectivity index (χ0) is 18.2. The molecule has 0 aliphatic heterocycles. The standard InChI is InChI=1S/C19H21FN2O3/c1-3-22(19(24)16-6-4-5-7-17(16)25-2)13-18(23)21-12-14-8-10-15(20)11-9-14/h4-11H,3,12-13H2,1-2H3,(H,21,23). The molecule has 2 aromatic rings. The van der Waals surface area contributed by atoms with Crippen molar-refractivity contribution in [2.24, 2.45) is 0 Å². The first-order valence-electron chi connectivity index (χ1n) is 7.98. The van der Waals surface area contributed by atoms with Crippen LogP contribution in [0.3, 0.4) is 0 Å². The van der Waals surface area contributed by atoms with Gasteiger partial charge in [-0.3, -0.25) is 9.59 Å². The Morgan fingerprint density at radius 1 is 1.12 bits per heavy atom. The van der Waals surface area contributed by atoms with Crippen LogP contribution < -0.4 is 10.1 Å². The Bertz CT molecular complexity index is 732. The van der Waals surface area contributed by atoms with Gasteiger partial charge in [0.15, 0.2) is 0 Å². The van der Waals surface area contributed by atoms with Crippen molar-refractivity contribution >= 4 is 11.8 Å². The first-order chi connectivity index (χ1) is 12.0. The molecule has 132 valence electrons. The molecule has 0 aliphatic rings. The number of hydrogen-bond donors (Lipinski definition) is 1. The van der Waals surface area contributed by atoms with Crippen LogP contribution in [0.2, 0.25) is 0 Å². The fraction of sp³-hybridized carbons (Fsp3) is 0.263. The lowest BCUT2D eigenvalue weighted by atomic mass is 10.1. The number of benzene rings is 2. The number of carbonyl (C=O) groups excluding carboxylic acids is 2. The maximum Gasteiger partial charge on any atom is 0.258 e. The molecule has 2 aromatic carbocycles. The average molecular weight is 344 g/mol. The number of carbonyl (C=O) groups is 2. The summed E-state index contributed by atoms with van der Waals surface area (Å²) in [5.74, 6) is -0.404. The summed E-state index contributed by atoms with van der Waals surface area (Å²) in [6.07, 6.45) is 0. The number of nitrogens with zero attached hydrogens (tertiary/aromatic N) is 1. The van der Waals surface area contributed by atoms with Gasteiger partial charge in [-0.15, -0.1) is 0 Å². The SMILES string of the molecule is CCN(CC(=O)NCc1ccc(F)cc1)C(=O)c1ccccc1OC. The number of hydrogen-bond acceptors (Lipinski definition) is 3. The van der Waals surface area contributed by atoms with Gasteiger partial charge in [-0.05, 0) is 36.8 Å². The van der Waals surface area contributed by atoms with Gasteiger partial charge in [-0.1, -0.05) is 24.3 Å². The van der Waals surface area contributed by atoms with Gasteiger partial charge in [0.2, 0.25) is 5.91 Å². The fourth-order valence-corrected chi connectivity index (χ4v) is 2.35. The van der Waals surface area contributed by atoms with E-state index < -0.39 is 0 Å². The average Bonchev–Trinajstić information content (AvgIpc) is 2.65. The topological polar surface area (TPSA) is 58.6 Å². The normalized spacial score (nSPS) is 10.2. The summed E-state index contributed by atoms with van der Waals surface area (Å²) >= 11 is 0. The van der Waals surface area contributed by atoms with E-state index in [0.29, 0.717) is 17.9 Å². The van der Waals surface area contributed by atoms with Crippen molar-refractivity contribution in [1.29, 1.82) is 0 Å². The lowest BCUT2D eigenvalue weighted by molar-refractivity contribution is -0.121. The molecule has 0 unspecified atom stereocenters. The molecule has 0 aliphatic carbocycles. The molecule has 0 fully saturated rings. The predicted molar refractivity (Wildman–Crippen MR) is 92.8 cm³/mol. The minimum Gasteiger partial charge on any atom is -0.496 e. The molecule has 0 radical (unpaired) electrons. The highest BCUT2D eigenvalue weighted by Crippen LogP contribution is 2.19. The quantitative estimate of drug-likeness (QED) is 0.840. The maximum absolute atomic E-state index is 12.9. The van der Waals surface area contributed by atoms with Gasteiger partial charge in [-0.2, -0.15) is 0 Å². The Hall–Kier alpha value is -2.89. The molecule has 25 heavy (non-hydrogen) atoms. The molecular weight excluding hydrogens is 323 g/mol. The first kappa shape index (κ1) is 18.4. The number of rotatable bonds is 7. The molecule has 0 saturated heterocycles. The fourth-order valence-electron chi connectivity index (χ4n) is 2.35. The van der Waals surface area contributed by atoms with Gasteiger partial charge < -0.3 is 15.0 Å². The molecule has 0 spiro atoms. The summed E-state index contributed by atoms with van der Waals surface area (Å²) in [7, 11) is 1.50. The minimum atomic E-state index is -0.324. The van der Waals surface area contributed by atoms with E-state index in [-0.39, 0.29) is 30.7 Å². The van der Waals surface area contributed by atoms with Crippen LogP contribution in [0.15, 0.2) is 48.5 Å². The number of para-hydroxylation sites is 1. The van der Waals surface area contributed by atoms with E-state index in [0.717, 1.165) is 5.56 Å². The van der Waals surface area contributed by atoms with Crippen molar-refractivity contribution < 1.29 is 18.7 Å². The predicted octanol–water partition coefficient (Wildman–Crippen LogP) is 2.61. The van der Waals surface area contributed by atoms with E-state index in [9.17, 15) is 14.0 Å². The van der Waals surface area contributed by atoms with Gasteiger partial charge in [-0.25, -0.2) is 4.39 Å². The van der Waals surface area contributed by atoms with Crippen LogP contribution in [0, 0.1) is 5.82 Å². The zero-order valence-corrected chi connectivity index (χ0v) is 14.3. The number of halogens is 1. The molecule has 0 aromatic heterocycles. The van der Waals surface area contributed by atoms with Crippen molar-refractivity contribution in [3.63, 3.8) is 0 Å². The van der Waals surface area contributed by atoms with Crippen LogP contribution in [0.25, 0.3) is 0 Å². The van der Waals surface area contributed by atoms with E-state index in [1.807, 2.05) is 0 Å². The van der Waals surface area contributed by atoms with E-state index in [1.54, 1.807) is 43.3 Å². The zero-order valence-electron chi connectivity index (χ0n) is 14.3. The van der Waals surface area contributed by atoms with Crippen LogP contribution in [-0.4, -0.2) is 36.9 Å². The van der Waals surface area contributed by atoms with Gasteiger partial charge >= 0.3 is 0 Å². The molecule has 0 heterocycles. The summed E-state index contributed by atoms with van der Waals surface area (Å²) < 4.78 is 18.1. The van der Waals surface area contributed by atoms with Crippen molar-refractivity contribution in [2.45, 2.75) is 13.5 Å². The molecule has 5 nitrogen and oxygen atoms in total. The van der Waals surface area contributed by atoms with Crippen molar-refractivity contribution in [2.75, 3.05) is 20.2 Å². The molecule has 2 rings (SSSR count). The third kappa shape index (κ3) is 5.04. The third-order valence-electron chi connectivity index (χ3n) is 3.74. The third-order valence-corrected chi connectivity index (χ3v) is 3.74. The Labute approximate surface area is 146 Å². The van der Waals surface area contributed by atoms with Gasteiger partial charge in [0.1, 0.15) is 11.6 Å². The van der Waals surface area contributed by atoms with Crippen LogP contribution in [0.4, 0.5) is 4.39 Å². The number of nitrogens with one attached hydrogen (secondary N) is 1. The Kier molecular flexibility index (Phi) is 6.51. The second-order valence-electron chi connectivity index (χ2n) is 5.42. The summed E-state index contributed by atoms with van der Waals surface area (Å²) in [6, 6.07) is 12.8. The maximum atomic E-state index is 12.9. The van der Waals surface area contributed by atoms with Crippen LogP contribution in [0.5, 0.6) is 5.75 Å². The van der Waals surface area contributed by atoms with E-state index in [1.165, 1.54) is 24.1 Å². The second-order valence-corrected chi connectivity index (χ2v) is 5.42. The smallest absolute Gasteiger partial charge is 0.258 e. The molecule has 6 heteroatoms. The van der Waals surface area contributed by atoms with Crippen LogP contribution in [0.1, 0.15) is 22.8 Å². The van der Waals surface area contributed by atoms with Crippen molar-refractivity contribution in [3.05, 3.63) is 65.5 Å². The van der Waals surface area contributed by atoms with Gasteiger partial charge in [0, 0.05) is 13.1 Å². The van der Waals surface area contributed by atoms with Gasteiger partial charge in [0.25, 0.3) is 5.91 Å². The number of amides is 2. The molecule has 0 atom stereocenters. The lowest BCUT2D eigenvalue weighted by Gasteiger charge is -2.21. The molecule has 0 bridgehead atoms. The monoisotopic (exact) mass is 344 g/mol. The van der Waals surface area contributed by atoms with E-state index in [4.69, 9.17) is 4.74 Å². The van der Waals surface area contributed by atoms with Gasteiger partial charge in [0.05, 0.1) is 19.2 Å². The summed E-state index contributed by atoms with van der Waals surface area (Å²) in [5.41, 5.74) is 1.20. The Morgan fingerprint density at radius 2 is 1.80 bits per heavy atom. The first-order valence-corrected chi connectivity index (χ1v) is 7.98. The summed E-state index contributed by atoms with van der Waals surface area (Å²) in [6.45, 7) is 2.41. The number of likely N-dealkylation sites (N-methyl/N-ethyl adjacent to an activating group) is 1. The lowest BCUT2D eigenvalue weighted by Crippen LogP contribution is -2.40. The summed E-state index contributed by atoms with van der Waals surface area (Å²) in [5, 5.41) is 2.73. The van der Waals surface area contributed by atoms with Crippen LogP contribution in [-0.2, 0) is 11.3 Å². The highest BCUT2D eigenvalue weighted by molar-refractivity contribution is 5.98. The molecule has 0 saturated carbocycles.